The van der Waals surface area contributed by atoms with Crippen molar-refractivity contribution in [3.63, 3.8) is 0 Å². The maximum Gasteiger partial charge on any atom is 0.309 e. The van der Waals surface area contributed by atoms with Crippen molar-refractivity contribution in [3.05, 3.63) is 53.5 Å². The summed E-state index contributed by atoms with van der Waals surface area (Å²) in [4.78, 5) is 38.0. The largest absolute Gasteiger partial charge is 0.496 e. The quantitative estimate of drug-likeness (QED) is 0.561. The lowest BCUT2D eigenvalue weighted by atomic mass is 9.97. The number of ketones is 1. The van der Waals surface area contributed by atoms with Crippen molar-refractivity contribution in [2.24, 2.45) is 5.92 Å². The summed E-state index contributed by atoms with van der Waals surface area (Å²) < 4.78 is 15.9. The fourth-order valence-corrected chi connectivity index (χ4v) is 3.25. The summed E-state index contributed by atoms with van der Waals surface area (Å²) in [5, 5.41) is 0. The summed E-state index contributed by atoms with van der Waals surface area (Å²) in [5.74, 6) is 0.0737. The number of carbonyl (C=O) groups excluding carboxylic acids is 3. The maximum absolute atomic E-state index is 12.4. The molecule has 148 valence electrons. The van der Waals surface area contributed by atoms with Gasteiger partial charge in [0.05, 0.1) is 19.3 Å². The monoisotopic (exact) mass is 385 g/mol. The number of methoxy groups -OCH3 is 1. The van der Waals surface area contributed by atoms with Gasteiger partial charge in [-0.15, -0.1) is 0 Å². The van der Waals surface area contributed by atoms with Gasteiger partial charge in [0.2, 0.25) is 0 Å². The van der Waals surface area contributed by atoms with Crippen molar-refractivity contribution in [2.45, 2.75) is 26.4 Å². The first-order chi connectivity index (χ1) is 13.5. The molecule has 0 bridgehead atoms. The number of piperidine rings is 1. The van der Waals surface area contributed by atoms with Gasteiger partial charge >= 0.3 is 5.97 Å². The van der Waals surface area contributed by atoms with Crippen LogP contribution in [0, 0.1) is 5.92 Å². The van der Waals surface area contributed by atoms with E-state index >= 15 is 0 Å². The van der Waals surface area contributed by atoms with Gasteiger partial charge in [-0.25, -0.2) is 0 Å². The minimum Gasteiger partial charge on any atom is -0.496 e. The molecule has 0 aliphatic carbocycles. The fourth-order valence-electron chi connectivity index (χ4n) is 3.25. The molecule has 1 amide bonds. The second-order valence-electron chi connectivity index (χ2n) is 6.73. The molecule has 28 heavy (non-hydrogen) atoms. The first kappa shape index (κ1) is 19.7. The first-order valence-electron chi connectivity index (χ1n) is 9.17. The van der Waals surface area contributed by atoms with E-state index in [-0.39, 0.29) is 30.2 Å². The molecule has 0 atom stereocenters. The molecule has 2 aromatic rings. The molecular weight excluding hydrogens is 362 g/mol. The smallest absolute Gasteiger partial charge is 0.309 e. The number of rotatable bonds is 6. The van der Waals surface area contributed by atoms with E-state index < -0.39 is 0 Å². The zero-order chi connectivity index (χ0) is 20.1. The molecule has 0 N–H and O–H groups in total. The van der Waals surface area contributed by atoms with Crippen molar-refractivity contribution in [1.82, 2.24) is 4.90 Å². The summed E-state index contributed by atoms with van der Waals surface area (Å²) >= 11 is 0. The van der Waals surface area contributed by atoms with E-state index in [0.29, 0.717) is 48.6 Å². The molecule has 0 saturated carbocycles. The van der Waals surface area contributed by atoms with Crippen LogP contribution in [0.25, 0.3) is 0 Å². The van der Waals surface area contributed by atoms with Gasteiger partial charge in [0, 0.05) is 24.2 Å². The molecule has 7 nitrogen and oxygen atoms in total. The van der Waals surface area contributed by atoms with E-state index in [2.05, 4.69) is 0 Å². The van der Waals surface area contributed by atoms with Crippen LogP contribution in [0.5, 0.6) is 5.75 Å². The average Bonchev–Trinajstić information content (AvgIpc) is 3.26. The molecule has 1 saturated heterocycles. The minimum atomic E-state index is -0.305. The summed E-state index contributed by atoms with van der Waals surface area (Å²) in [6.45, 7) is 2.47. The van der Waals surface area contributed by atoms with Crippen LogP contribution in [0.4, 0.5) is 0 Å². The molecule has 1 aliphatic heterocycles. The van der Waals surface area contributed by atoms with Gasteiger partial charge in [-0.1, -0.05) is 0 Å². The number of furan rings is 1. The second kappa shape index (κ2) is 8.73. The van der Waals surface area contributed by atoms with Gasteiger partial charge < -0.3 is 18.8 Å². The van der Waals surface area contributed by atoms with Crippen molar-refractivity contribution >= 4 is 17.7 Å². The van der Waals surface area contributed by atoms with Gasteiger partial charge in [0.1, 0.15) is 12.4 Å². The van der Waals surface area contributed by atoms with Crippen molar-refractivity contribution < 1.29 is 28.3 Å². The summed E-state index contributed by atoms with van der Waals surface area (Å²) in [5.41, 5.74) is 1.19. The number of hydrogen-bond donors (Lipinski definition) is 0. The van der Waals surface area contributed by atoms with Crippen LogP contribution >= 0.6 is 0 Å². The second-order valence-corrected chi connectivity index (χ2v) is 6.73. The Balaban J connectivity index is 1.54. The molecule has 1 fully saturated rings. The van der Waals surface area contributed by atoms with E-state index in [0.717, 1.165) is 0 Å². The van der Waals surface area contributed by atoms with E-state index in [4.69, 9.17) is 13.9 Å². The molecule has 0 spiro atoms. The number of amides is 1. The molecule has 2 heterocycles. The highest BCUT2D eigenvalue weighted by molar-refractivity contribution is 5.94. The molecule has 1 aromatic heterocycles. The Bertz CT molecular complexity index is 850. The molecule has 3 rings (SSSR count). The highest BCUT2D eigenvalue weighted by atomic mass is 16.5. The zero-order valence-electron chi connectivity index (χ0n) is 16.0. The van der Waals surface area contributed by atoms with Gasteiger partial charge in [-0.3, -0.25) is 14.4 Å². The maximum atomic E-state index is 12.4. The van der Waals surface area contributed by atoms with Crippen molar-refractivity contribution in [1.29, 1.82) is 0 Å². The lowest BCUT2D eigenvalue weighted by Crippen LogP contribution is -2.40. The third kappa shape index (κ3) is 4.42. The highest BCUT2D eigenvalue weighted by Crippen LogP contribution is 2.24. The van der Waals surface area contributed by atoms with Crippen LogP contribution in [0.3, 0.4) is 0 Å². The molecule has 0 radical (unpaired) electrons. The van der Waals surface area contributed by atoms with Crippen LogP contribution in [0.2, 0.25) is 0 Å². The molecule has 7 heteroatoms. The van der Waals surface area contributed by atoms with E-state index in [9.17, 15) is 14.4 Å². The van der Waals surface area contributed by atoms with Gasteiger partial charge in [0.15, 0.2) is 11.5 Å². The predicted molar refractivity (Wildman–Crippen MR) is 100 cm³/mol. The molecule has 1 aliphatic rings. The first-order valence-corrected chi connectivity index (χ1v) is 9.17. The number of carbonyl (C=O) groups is 3. The van der Waals surface area contributed by atoms with E-state index in [1.807, 2.05) is 0 Å². The summed E-state index contributed by atoms with van der Waals surface area (Å²) in [6, 6.07) is 8.36. The molecular formula is C21H23NO6. The Hall–Kier alpha value is -3.09. The van der Waals surface area contributed by atoms with Crippen molar-refractivity contribution in [3.8, 4) is 5.75 Å². The number of ether oxygens (including phenoxy) is 2. The van der Waals surface area contributed by atoms with Gasteiger partial charge in [-0.05, 0) is 50.1 Å². The summed E-state index contributed by atoms with van der Waals surface area (Å²) in [7, 11) is 1.53. The standard InChI is InChI=1S/C21H23NO6/c1-14(23)16-5-6-18(26-2)17(12-16)13-28-21(25)15-7-9-22(10-8-15)20(24)19-4-3-11-27-19/h3-6,11-12,15H,7-10,13H2,1-2H3. The van der Waals surface area contributed by atoms with Crippen molar-refractivity contribution in [2.75, 3.05) is 20.2 Å². The van der Waals surface area contributed by atoms with E-state index in [1.54, 1.807) is 35.2 Å². The third-order valence-electron chi connectivity index (χ3n) is 4.90. The Kier molecular flexibility index (Phi) is 6.13. The lowest BCUT2D eigenvalue weighted by molar-refractivity contribution is -0.151. The third-order valence-corrected chi connectivity index (χ3v) is 4.90. The number of likely N-dealkylation sites (tertiary alicyclic amines) is 1. The van der Waals surface area contributed by atoms with Crippen LogP contribution in [-0.2, 0) is 16.1 Å². The van der Waals surface area contributed by atoms with Crippen LogP contribution in [-0.4, -0.2) is 42.8 Å². The lowest BCUT2D eigenvalue weighted by Gasteiger charge is -2.30. The van der Waals surface area contributed by atoms with Crippen LogP contribution in [0.1, 0.15) is 46.2 Å². The Labute approximate surface area is 163 Å². The topological polar surface area (TPSA) is 86.0 Å². The number of hydrogen-bond acceptors (Lipinski definition) is 6. The summed E-state index contributed by atoms with van der Waals surface area (Å²) in [6.07, 6.45) is 2.54. The number of esters is 1. The van der Waals surface area contributed by atoms with Crippen LogP contribution < -0.4 is 4.74 Å². The van der Waals surface area contributed by atoms with Gasteiger partial charge in [0.25, 0.3) is 5.91 Å². The fraction of sp³-hybridized carbons (Fsp3) is 0.381. The predicted octanol–water partition coefficient (Wildman–Crippen LogP) is 3.09. The Morgan fingerprint density at radius 1 is 1.18 bits per heavy atom. The molecule has 0 unspecified atom stereocenters. The SMILES string of the molecule is COc1ccc(C(C)=O)cc1COC(=O)C1CCN(C(=O)c2ccco2)CC1. The minimum absolute atomic E-state index is 0.0364. The zero-order valence-corrected chi connectivity index (χ0v) is 16.0. The number of benzene rings is 1. The van der Waals surface area contributed by atoms with Gasteiger partial charge in [-0.2, -0.15) is 0 Å². The highest BCUT2D eigenvalue weighted by Gasteiger charge is 2.29. The Morgan fingerprint density at radius 3 is 2.54 bits per heavy atom. The number of Topliss-reactive ketones (excluding diaryl/α,β-unsaturated/α-hetero) is 1. The Morgan fingerprint density at radius 2 is 1.93 bits per heavy atom. The van der Waals surface area contributed by atoms with E-state index in [1.165, 1.54) is 20.3 Å². The average molecular weight is 385 g/mol. The molecule has 1 aromatic carbocycles. The number of nitrogens with zero attached hydrogens (tertiary/aromatic N) is 1. The normalized spacial score (nSPS) is 14.6. The van der Waals surface area contributed by atoms with Crippen LogP contribution in [0.15, 0.2) is 41.0 Å².